The summed E-state index contributed by atoms with van der Waals surface area (Å²) >= 11 is 1.65. The van der Waals surface area contributed by atoms with Gasteiger partial charge in [0.2, 0.25) is 5.91 Å². The Hall–Kier alpha value is -3.26. The average molecular weight is 499 g/mol. The van der Waals surface area contributed by atoms with Gasteiger partial charge in [0, 0.05) is 23.0 Å². The van der Waals surface area contributed by atoms with Crippen LogP contribution in [0.4, 0.5) is 8.78 Å². The second-order valence-corrected chi connectivity index (χ2v) is 9.62. The topological polar surface area (TPSA) is 49.9 Å². The maximum atomic E-state index is 13.8. The number of ether oxygens (including phenoxy) is 1. The van der Waals surface area contributed by atoms with Gasteiger partial charge in [0.05, 0.1) is 6.04 Å². The third-order valence-corrected chi connectivity index (χ3v) is 7.39. The number of nitrogens with zero attached hydrogens (tertiary/aromatic N) is 2. The molecule has 4 rings (SSSR count). The van der Waals surface area contributed by atoms with Gasteiger partial charge in [0.15, 0.2) is 0 Å². The Bertz CT molecular complexity index is 1180. The lowest BCUT2D eigenvalue weighted by atomic mass is 10.00. The highest BCUT2D eigenvalue weighted by Crippen LogP contribution is 2.34. The monoisotopic (exact) mass is 498 g/mol. The molecule has 184 valence electrons. The summed E-state index contributed by atoms with van der Waals surface area (Å²) in [5.41, 5.74) is 1.25. The van der Waals surface area contributed by atoms with Crippen molar-refractivity contribution in [1.29, 1.82) is 0 Å². The third kappa shape index (κ3) is 5.70. The number of fused-ring (bicyclic) bond motifs is 1. The van der Waals surface area contributed by atoms with Crippen molar-refractivity contribution in [3.63, 3.8) is 0 Å². The summed E-state index contributed by atoms with van der Waals surface area (Å²) in [7, 11) is 0. The number of thiophene rings is 1. The Balaban J connectivity index is 1.54. The van der Waals surface area contributed by atoms with Crippen LogP contribution in [0.3, 0.4) is 0 Å². The van der Waals surface area contributed by atoms with E-state index in [2.05, 4.69) is 0 Å². The van der Waals surface area contributed by atoms with Crippen LogP contribution < -0.4 is 4.74 Å². The van der Waals surface area contributed by atoms with Crippen molar-refractivity contribution >= 4 is 23.2 Å². The van der Waals surface area contributed by atoms with Crippen molar-refractivity contribution in [2.45, 2.75) is 38.8 Å². The van der Waals surface area contributed by atoms with E-state index in [1.807, 2.05) is 25.3 Å². The summed E-state index contributed by atoms with van der Waals surface area (Å²) in [5.74, 6) is -0.895. The van der Waals surface area contributed by atoms with E-state index in [-0.39, 0.29) is 48.4 Å². The maximum absolute atomic E-state index is 13.8. The fourth-order valence-electron chi connectivity index (χ4n) is 4.25. The zero-order chi connectivity index (χ0) is 24.9. The van der Waals surface area contributed by atoms with Gasteiger partial charge in [-0.1, -0.05) is 13.0 Å². The first-order valence-electron chi connectivity index (χ1n) is 11.7. The zero-order valence-corrected chi connectivity index (χ0v) is 20.6. The van der Waals surface area contributed by atoms with Crippen molar-refractivity contribution in [2.75, 3.05) is 19.7 Å². The molecule has 0 bridgehead atoms. The van der Waals surface area contributed by atoms with Crippen molar-refractivity contribution < 1.29 is 23.1 Å². The van der Waals surface area contributed by atoms with Crippen molar-refractivity contribution in [1.82, 2.24) is 9.80 Å². The third-order valence-electron chi connectivity index (χ3n) is 6.40. The van der Waals surface area contributed by atoms with Crippen LogP contribution in [0.2, 0.25) is 0 Å². The lowest BCUT2D eigenvalue weighted by Crippen LogP contribution is -2.49. The molecule has 0 radical (unpaired) electrons. The second kappa shape index (κ2) is 11.0. The van der Waals surface area contributed by atoms with Gasteiger partial charge in [-0.3, -0.25) is 9.59 Å². The van der Waals surface area contributed by atoms with Gasteiger partial charge in [0.25, 0.3) is 5.91 Å². The highest BCUT2D eigenvalue weighted by Gasteiger charge is 2.34. The van der Waals surface area contributed by atoms with Crippen LogP contribution in [0.1, 0.15) is 47.1 Å². The Morgan fingerprint density at radius 1 is 1.14 bits per heavy atom. The van der Waals surface area contributed by atoms with Crippen LogP contribution >= 0.6 is 11.3 Å². The quantitative estimate of drug-likeness (QED) is 0.414. The largest absolute Gasteiger partial charge is 0.491 e. The number of halogens is 2. The minimum Gasteiger partial charge on any atom is -0.491 e. The van der Waals surface area contributed by atoms with Crippen molar-refractivity contribution in [3.05, 3.63) is 87.6 Å². The molecule has 1 aromatic heterocycles. The molecular weight excluding hydrogens is 470 g/mol. The molecule has 0 fully saturated rings. The molecule has 2 heterocycles. The molecule has 0 spiro atoms. The standard InChI is InChI=1S/C27H28F2N2O3S/c1-3-18(2)31(27(33)19-5-4-6-21(29)15-19)16-26(32)30-13-11-25-23(12-14-35-25)24(30)17-34-22-9-7-20(28)8-10-22/h4-10,12,14-15,18,24H,3,11,13,16-17H2,1-2H3/t18-,24+/m1/s1. The number of hydrogen-bond donors (Lipinski definition) is 0. The van der Waals surface area contributed by atoms with E-state index < -0.39 is 5.82 Å². The molecule has 1 aliphatic heterocycles. The van der Waals surface area contributed by atoms with Gasteiger partial charge < -0.3 is 14.5 Å². The van der Waals surface area contributed by atoms with E-state index in [9.17, 15) is 18.4 Å². The highest BCUT2D eigenvalue weighted by molar-refractivity contribution is 7.10. The number of amides is 2. The average Bonchev–Trinajstić information content (AvgIpc) is 3.35. The van der Waals surface area contributed by atoms with E-state index >= 15 is 0 Å². The first-order valence-corrected chi connectivity index (χ1v) is 12.6. The summed E-state index contributed by atoms with van der Waals surface area (Å²) in [6, 6.07) is 12.8. The lowest BCUT2D eigenvalue weighted by Gasteiger charge is -2.38. The van der Waals surface area contributed by atoms with Crippen LogP contribution in [0, 0.1) is 11.6 Å². The number of carbonyl (C=O) groups excluding carboxylic acids is 2. The zero-order valence-electron chi connectivity index (χ0n) is 19.7. The first kappa shape index (κ1) is 24.9. The Morgan fingerprint density at radius 2 is 1.91 bits per heavy atom. The fourth-order valence-corrected chi connectivity index (χ4v) is 5.18. The minimum atomic E-state index is -0.495. The van der Waals surface area contributed by atoms with Gasteiger partial charge in [-0.2, -0.15) is 0 Å². The summed E-state index contributed by atoms with van der Waals surface area (Å²) in [6.07, 6.45) is 1.38. The van der Waals surface area contributed by atoms with Gasteiger partial charge in [-0.25, -0.2) is 8.78 Å². The van der Waals surface area contributed by atoms with Crippen LogP contribution in [-0.4, -0.2) is 47.4 Å². The molecule has 0 saturated carbocycles. The molecule has 2 aromatic carbocycles. The van der Waals surface area contributed by atoms with E-state index in [0.717, 1.165) is 12.0 Å². The predicted octanol–water partition coefficient (Wildman–Crippen LogP) is 5.47. The Labute approximate surface area is 207 Å². The Morgan fingerprint density at radius 3 is 2.63 bits per heavy atom. The number of hydrogen-bond acceptors (Lipinski definition) is 4. The van der Waals surface area contributed by atoms with E-state index in [1.165, 1.54) is 40.1 Å². The molecular formula is C27H28F2N2O3S. The minimum absolute atomic E-state index is 0.114. The molecule has 3 aromatic rings. The maximum Gasteiger partial charge on any atom is 0.254 e. The predicted molar refractivity (Wildman–Crippen MR) is 132 cm³/mol. The van der Waals surface area contributed by atoms with Crippen LogP contribution in [0.5, 0.6) is 5.75 Å². The van der Waals surface area contributed by atoms with Crippen LogP contribution in [0.15, 0.2) is 60.0 Å². The molecule has 0 N–H and O–H groups in total. The molecule has 35 heavy (non-hydrogen) atoms. The fraction of sp³-hybridized carbons (Fsp3) is 0.333. The number of rotatable bonds is 8. The lowest BCUT2D eigenvalue weighted by molar-refractivity contribution is -0.136. The number of carbonyl (C=O) groups is 2. The smallest absolute Gasteiger partial charge is 0.254 e. The molecule has 0 aliphatic carbocycles. The first-order chi connectivity index (χ1) is 16.9. The number of benzene rings is 2. The van der Waals surface area contributed by atoms with E-state index in [0.29, 0.717) is 18.7 Å². The van der Waals surface area contributed by atoms with Gasteiger partial charge >= 0.3 is 0 Å². The normalized spacial score (nSPS) is 15.9. The van der Waals surface area contributed by atoms with Crippen molar-refractivity contribution in [2.24, 2.45) is 0 Å². The summed E-state index contributed by atoms with van der Waals surface area (Å²) < 4.78 is 33.0. The molecule has 2 amide bonds. The second-order valence-electron chi connectivity index (χ2n) is 8.62. The highest BCUT2D eigenvalue weighted by atomic mass is 32.1. The van der Waals surface area contributed by atoms with Crippen LogP contribution in [-0.2, 0) is 11.2 Å². The summed E-state index contributed by atoms with van der Waals surface area (Å²) in [5, 5.41) is 2.00. The molecule has 8 heteroatoms. The molecule has 2 atom stereocenters. The SMILES string of the molecule is CC[C@@H](C)N(CC(=O)N1CCc2sccc2[C@@H]1COc1ccc(F)cc1)C(=O)c1cccc(F)c1. The molecule has 0 saturated heterocycles. The Kier molecular flexibility index (Phi) is 7.80. The molecule has 0 unspecified atom stereocenters. The molecule has 1 aliphatic rings. The van der Waals surface area contributed by atoms with Crippen molar-refractivity contribution in [3.8, 4) is 5.75 Å². The van der Waals surface area contributed by atoms with E-state index in [1.54, 1.807) is 34.4 Å². The molecule has 5 nitrogen and oxygen atoms in total. The van der Waals surface area contributed by atoms with E-state index in [4.69, 9.17) is 4.74 Å². The summed E-state index contributed by atoms with van der Waals surface area (Å²) in [6.45, 7) is 4.43. The summed E-state index contributed by atoms with van der Waals surface area (Å²) in [4.78, 5) is 31.3. The van der Waals surface area contributed by atoms with Crippen LogP contribution in [0.25, 0.3) is 0 Å². The van der Waals surface area contributed by atoms with Gasteiger partial charge in [-0.05, 0) is 79.2 Å². The van der Waals surface area contributed by atoms with Gasteiger partial charge in [-0.15, -0.1) is 11.3 Å². The van der Waals surface area contributed by atoms with Gasteiger partial charge in [0.1, 0.15) is 30.5 Å².